The number of nitrogens with zero attached hydrogens (tertiary/aromatic N) is 3. The predicted octanol–water partition coefficient (Wildman–Crippen LogP) is 1.74. The van der Waals surface area contributed by atoms with Crippen LogP contribution >= 0.6 is 12.2 Å². The Balaban J connectivity index is 2.04. The molecule has 3 N–H and O–H groups in total. The van der Waals surface area contributed by atoms with Gasteiger partial charge in [0.25, 0.3) is 5.69 Å². The molecular weight excluding hydrogens is 346 g/mol. The molecule has 9 nitrogen and oxygen atoms in total. The first-order valence-corrected chi connectivity index (χ1v) is 7.39. The van der Waals surface area contributed by atoms with Crippen LogP contribution in [0.15, 0.2) is 41.6 Å². The molecule has 0 unspecified atom stereocenters. The Bertz CT molecular complexity index is 795. The highest BCUT2D eigenvalue weighted by Crippen LogP contribution is 2.28. The maximum absolute atomic E-state index is 10.6. The van der Waals surface area contributed by atoms with E-state index in [4.69, 9.17) is 15.2 Å². The molecule has 0 saturated carbocycles. The molecule has 25 heavy (non-hydrogen) atoms. The number of thiocarbonyl (C=S) groups is 1. The molecule has 0 spiro atoms. The lowest BCUT2D eigenvalue weighted by Crippen LogP contribution is -2.23. The Morgan fingerprint density at radius 1 is 1.44 bits per heavy atom. The number of rotatable bonds is 7. The zero-order chi connectivity index (χ0) is 18.2. The van der Waals surface area contributed by atoms with E-state index >= 15 is 0 Å². The van der Waals surface area contributed by atoms with E-state index in [0.717, 1.165) is 5.56 Å². The largest absolute Gasteiger partial charge is 0.493 e. The molecule has 2 rings (SSSR count). The van der Waals surface area contributed by atoms with Crippen LogP contribution in [0.4, 0.5) is 5.69 Å². The van der Waals surface area contributed by atoms with Crippen LogP contribution in [-0.4, -0.2) is 28.3 Å². The van der Waals surface area contributed by atoms with Crippen LogP contribution < -0.4 is 20.6 Å². The molecule has 0 amide bonds. The summed E-state index contributed by atoms with van der Waals surface area (Å²) in [6, 6.07) is 8.12. The van der Waals surface area contributed by atoms with Crippen molar-refractivity contribution in [3.8, 4) is 11.5 Å². The van der Waals surface area contributed by atoms with Crippen molar-refractivity contribution >= 4 is 29.2 Å². The fourth-order valence-corrected chi connectivity index (χ4v) is 1.87. The van der Waals surface area contributed by atoms with Crippen LogP contribution in [0.3, 0.4) is 0 Å². The summed E-state index contributed by atoms with van der Waals surface area (Å²) in [5.74, 6) is 1.00. The number of nitrogens with one attached hydrogen (secondary N) is 1. The Labute approximate surface area is 148 Å². The Hall–Kier alpha value is -3.27. The number of nitro groups is 1. The van der Waals surface area contributed by atoms with Gasteiger partial charge in [0, 0.05) is 6.07 Å². The lowest BCUT2D eigenvalue weighted by molar-refractivity contribution is -0.385. The van der Waals surface area contributed by atoms with Gasteiger partial charge in [-0.3, -0.25) is 20.5 Å². The molecular formula is C15H15N5O4S. The lowest BCUT2D eigenvalue weighted by Gasteiger charge is -2.11. The average molecular weight is 361 g/mol. The van der Waals surface area contributed by atoms with Crippen LogP contribution in [0, 0.1) is 10.1 Å². The summed E-state index contributed by atoms with van der Waals surface area (Å²) in [6.45, 7) is 0.144. The van der Waals surface area contributed by atoms with E-state index in [1.165, 1.54) is 31.7 Å². The van der Waals surface area contributed by atoms with Crippen molar-refractivity contribution in [3.05, 3.63) is 57.9 Å². The number of hydrazone groups is 1. The molecule has 0 aliphatic carbocycles. The van der Waals surface area contributed by atoms with E-state index in [1.807, 2.05) is 0 Å². The van der Waals surface area contributed by atoms with E-state index in [-0.39, 0.29) is 17.4 Å². The molecule has 2 aromatic rings. The maximum Gasteiger partial charge on any atom is 0.287 e. The maximum atomic E-state index is 10.6. The summed E-state index contributed by atoms with van der Waals surface area (Å²) >= 11 is 4.65. The van der Waals surface area contributed by atoms with Crippen LogP contribution in [0.5, 0.6) is 11.5 Å². The lowest BCUT2D eigenvalue weighted by atomic mass is 10.2. The minimum atomic E-state index is -0.507. The highest BCUT2D eigenvalue weighted by Gasteiger charge is 2.08. The topological polar surface area (TPSA) is 125 Å². The van der Waals surface area contributed by atoms with Crippen molar-refractivity contribution in [3.63, 3.8) is 0 Å². The van der Waals surface area contributed by atoms with Crippen LogP contribution in [-0.2, 0) is 6.61 Å². The molecule has 130 valence electrons. The number of hydrogen-bond donors (Lipinski definition) is 2. The van der Waals surface area contributed by atoms with Gasteiger partial charge in [0.15, 0.2) is 16.6 Å². The third-order valence-electron chi connectivity index (χ3n) is 2.97. The van der Waals surface area contributed by atoms with E-state index < -0.39 is 4.92 Å². The fourth-order valence-electron chi connectivity index (χ4n) is 1.82. The molecule has 1 aromatic carbocycles. The smallest absolute Gasteiger partial charge is 0.287 e. The number of ether oxygens (including phenoxy) is 2. The third-order valence-corrected chi connectivity index (χ3v) is 3.06. The minimum Gasteiger partial charge on any atom is -0.493 e. The van der Waals surface area contributed by atoms with Crippen molar-refractivity contribution in [2.75, 3.05) is 7.11 Å². The van der Waals surface area contributed by atoms with Gasteiger partial charge in [0.05, 0.1) is 23.9 Å². The van der Waals surface area contributed by atoms with Gasteiger partial charge in [0.2, 0.25) is 0 Å². The zero-order valence-electron chi connectivity index (χ0n) is 13.2. The molecule has 0 aliphatic heterocycles. The second-order valence-electron chi connectivity index (χ2n) is 4.70. The van der Waals surface area contributed by atoms with Crippen LogP contribution in [0.1, 0.15) is 11.3 Å². The average Bonchev–Trinajstić information content (AvgIpc) is 2.60. The quantitative estimate of drug-likeness (QED) is 0.331. The monoisotopic (exact) mass is 361 g/mol. The molecule has 1 heterocycles. The first-order valence-electron chi connectivity index (χ1n) is 6.98. The highest BCUT2D eigenvalue weighted by molar-refractivity contribution is 7.80. The molecule has 10 heteroatoms. The first-order chi connectivity index (χ1) is 12.0. The number of nitrogens with two attached hydrogens (primary N) is 1. The highest BCUT2D eigenvalue weighted by atomic mass is 32.1. The summed E-state index contributed by atoms with van der Waals surface area (Å²) in [6.07, 6.45) is 2.72. The normalized spacial score (nSPS) is 10.4. The second-order valence-corrected chi connectivity index (χ2v) is 5.14. The number of hydrogen-bond acceptors (Lipinski definition) is 7. The molecule has 0 atom stereocenters. The standard InChI is InChI=1S/C15H15N5O4S/c1-23-14-6-10(7-18-19-15(16)25)2-5-13(14)24-9-11-3-4-12(8-17-11)20(21)22/h2-8H,9H2,1H3,(H3,16,19,25). The second kappa shape index (κ2) is 8.55. The van der Waals surface area contributed by atoms with Crippen molar-refractivity contribution in [2.24, 2.45) is 10.8 Å². The third kappa shape index (κ3) is 5.39. The summed E-state index contributed by atoms with van der Waals surface area (Å²) in [5.41, 5.74) is 8.96. The van der Waals surface area contributed by atoms with Gasteiger partial charge >= 0.3 is 0 Å². The van der Waals surface area contributed by atoms with Gasteiger partial charge < -0.3 is 15.2 Å². The molecule has 0 bridgehead atoms. The van der Waals surface area contributed by atoms with Crippen molar-refractivity contribution < 1.29 is 14.4 Å². The molecule has 1 aromatic heterocycles. The summed E-state index contributed by atoms with van der Waals surface area (Å²) in [5, 5.41) is 14.5. The SMILES string of the molecule is COc1cc(C=NNC(N)=S)ccc1OCc1ccc([N+](=O)[O-])cn1. The summed E-state index contributed by atoms with van der Waals surface area (Å²) in [7, 11) is 1.51. The Morgan fingerprint density at radius 3 is 2.84 bits per heavy atom. The molecule has 0 saturated heterocycles. The van der Waals surface area contributed by atoms with Crippen molar-refractivity contribution in [1.29, 1.82) is 0 Å². The van der Waals surface area contributed by atoms with Gasteiger partial charge in [-0.2, -0.15) is 5.10 Å². The van der Waals surface area contributed by atoms with Gasteiger partial charge in [-0.05, 0) is 42.0 Å². The van der Waals surface area contributed by atoms with Gasteiger partial charge in [-0.1, -0.05) is 0 Å². The van der Waals surface area contributed by atoms with E-state index in [0.29, 0.717) is 17.2 Å². The molecule has 0 fully saturated rings. The van der Waals surface area contributed by atoms with Gasteiger partial charge in [0.1, 0.15) is 12.8 Å². The zero-order valence-corrected chi connectivity index (χ0v) is 14.0. The van der Waals surface area contributed by atoms with E-state index in [1.54, 1.807) is 18.2 Å². The number of aromatic nitrogens is 1. The Morgan fingerprint density at radius 2 is 2.24 bits per heavy atom. The van der Waals surface area contributed by atoms with Gasteiger partial charge in [-0.25, -0.2) is 0 Å². The first kappa shape index (κ1) is 18.1. The fraction of sp³-hybridized carbons (Fsp3) is 0.133. The van der Waals surface area contributed by atoms with E-state index in [2.05, 4.69) is 27.7 Å². The number of pyridine rings is 1. The van der Waals surface area contributed by atoms with Crippen LogP contribution in [0.25, 0.3) is 0 Å². The van der Waals surface area contributed by atoms with Crippen molar-refractivity contribution in [1.82, 2.24) is 10.4 Å². The number of benzene rings is 1. The molecule has 0 radical (unpaired) electrons. The van der Waals surface area contributed by atoms with Crippen molar-refractivity contribution in [2.45, 2.75) is 6.61 Å². The van der Waals surface area contributed by atoms with Gasteiger partial charge in [-0.15, -0.1) is 0 Å². The minimum absolute atomic E-state index is 0.0683. The molecule has 0 aliphatic rings. The Kier molecular flexibility index (Phi) is 6.18. The van der Waals surface area contributed by atoms with E-state index in [9.17, 15) is 10.1 Å². The van der Waals surface area contributed by atoms with Crippen LogP contribution in [0.2, 0.25) is 0 Å². The summed E-state index contributed by atoms with van der Waals surface area (Å²) in [4.78, 5) is 14.1. The summed E-state index contributed by atoms with van der Waals surface area (Å²) < 4.78 is 10.9. The predicted molar refractivity (Wildman–Crippen MR) is 95.7 cm³/mol. The number of methoxy groups -OCH3 is 1.